The van der Waals surface area contributed by atoms with Crippen molar-refractivity contribution in [3.8, 4) is 0 Å². The number of nitrogens with two attached hydrogens (primary N) is 1. The molecule has 4 nitrogen and oxygen atoms in total. The molecule has 0 aromatic heterocycles. The van der Waals surface area contributed by atoms with Crippen LogP contribution in [0.3, 0.4) is 0 Å². The maximum absolute atomic E-state index is 12.8. The van der Waals surface area contributed by atoms with E-state index >= 15 is 0 Å². The fourth-order valence-corrected chi connectivity index (χ4v) is 4.69. The lowest BCUT2D eigenvalue weighted by Crippen LogP contribution is -2.56. The zero-order chi connectivity index (χ0) is 15.6. The number of halogens is 2. The molecule has 1 amide bonds. The summed E-state index contributed by atoms with van der Waals surface area (Å²) in [5, 5.41) is 0. The van der Waals surface area contributed by atoms with Crippen molar-refractivity contribution in [1.82, 2.24) is 9.80 Å². The Kier molecular flexibility index (Phi) is 8.81. The predicted octanol–water partition coefficient (Wildman–Crippen LogP) is 3.21. The summed E-state index contributed by atoms with van der Waals surface area (Å²) in [5.74, 6) is 0.879. The molecule has 2 heterocycles. The average molecular weight is 380 g/mol. The molecular formula is C18H35Cl2N3O. The molecule has 1 saturated carbocycles. The molecule has 142 valence electrons. The second kappa shape index (κ2) is 9.61. The molecule has 2 N–H and O–H groups in total. The summed E-state index contributed by atoms with van der Waals surface area (Å²) >= 11 is 0. The van der Waals surface area contributed by atoms with Crippen molar-refractivity contribution >= 4 is 30.7 Å². The maximum Gasteiger partial charge on any atom is 0.242 e. The van der Waals surface area contributed by atoms with Gasteiger partial charge in [0.2, 0.25) is 5.91 Å². The number of carbonyl (C=O) groups is 1. The molecule has 2 saturated heterocycles. The number of hydrogen-bond donors (Lipinski definition) is 1. The predicted molar refractivity (Wildman–Crippen MR) is 104 cm³/mol. The molecule has 0 radical (unpaired) electrons. The normalized spacial score (nSPS) is 30.3. The minimum atomic E-state index is -0.541. The fraction of sp³-hybridized carbons (Fsp3) is 0.944. The second-order valence-electron chi connectivity index (χ2n) is 7.96. The van der Waals surface area contributed by atoms with Gasteiger partial charge < -0.3 is 15.5 Å². The number of amides is 1. The molecule has 3 rings (SSSR count). The summed E-state index contributed by atoms with van der Waals surface area (Å²) in [5.41, 5.74) is 5.84. The first kappa shape index (κ1) is 22.0. The highest BCUT2D eigenvalue weighted by Crippen LogP contribution is 2.31. The number of carbonyl (C=O) groups excluding carboxylic acids is 1. The SMILES string of the molecule is CC1CCCCN1CC1CCCN(C(=O)C2(N)CCCC2)C1.Cl.Cl. The minimum Gasteiger partial charge on any atom is -0.341 e. The Morgan fingerprint density at radius 1 is 1.04 bits per heavy atom. The van der Waals surface area contributed by atoms with Crippen LogP contribution in [-0.4, -0.2) is 53.5 Å². The lowest BCUT2D eigenvalue weighted by molar-refractivity contribution is -0.138. The van der Waals surface area contributed by atoms with Gasteiger partial charge in [0.05, 0.1) is 5.54 Å². The molecule has 0 spiro atoms. The topological polar surface area (TPSA) is 49.6 Å². The Bertz CT molecular complexity index is 402. The van der Waals surface area contributed by atoms with Crippen LogP contribution in [-0.2, 0) is 4.79 Å². The molecule has 2 aliphatic heterocycles. The van der Waals surface area contributed by atoms with Gasteiger partial charge >= 0.3 is 0 Å². The van der Waals surface area contributed by atoms with Gasteiger partial charge in [-0.3, -0.25) is 4.79 Å². The van der Waals surface area contributed by atoms with E-state index in [-0.39, 0.29) is 30.7 Å². The highest BCUT2D eigenvalue weighted by Gasteiger charge is 2.41. The fourth-order valence-electron chi connectivity index (χ4n) is 4.69. The summed E-state index contributed by atoms with van der Waals surface area (Å²) in [4.78, 5) is 17.6. The van der Waals surface area contributed by atoms with Gasteiger partial charge in [-0.05, 0) is 57.9 Å². The van der Waals surface area contributed by atoms with Gasteiger partial charge in [0, 0.05) is 25.7 Å². The first-order valence-electron chi connectivity index (χ1n) is 9.41. The van der Waals surface area contributed by atoms with Crippen LogP contribution in [0.1, 0.15) is 64.7 Å². The summed E-state index contributed by atoms with van der Waals surface area (Å²) < 4.78 is 0. The first-order chi connectivity index (χ1) is 10.6. The van der Waals surface area contributed by atoms with Gasteiger partial charge in [-0.2, -0.15) is 0 Å². The van der Waals surface area contributed by atoms with Crippen molar-refractivity contribution < 1.29 is 4.79 Å². The van der Waals surface area contributed by atoms with Crippen LogP contribution >= 0.6 is 24.8 Å². The molecule has 3 aliphatic rings. The molecule has 0 aromatic carbocycles. The Morgan fingerprint density at radius 2 is 1.75 bits per heavy atom. The van der Waals surface area contributed by atoms with Gasteiger partial charge in [-0.15, -0.1) is 24.8 Å². The Labute approximate surface area is 159 Å². The van der Waals surface area contributed by atoms with Gasteiger partial charge in [-0.25, -0.2) is 0 Å². The smallest absolute Gasteiger partial charge is 0.242 e. The Balaban J connectivity index is 0.00000144. The van der Waals surface area contributed by atoms with Crippen LogP contribution in [0.25, 0.3) is 0 Å². The third-order valence-corrected chi connectivity index (χ3v) is 6.16. The quantitative estimate of drug-likeness (QED) is 0.818. The number of piperidine rings is 2. The first-order valence-corrected chi connectivity index (χ1v) is 9.41. The monoisotopic (exact) mass is 379 g/mol. The van der Waals surface area contributed by atoms with E-state index in [0.29, 0.717) is 5.92 Å². The Hall–Kier alpha value is -0.0300. The molecule has 3 fully saturated rings. The van der Waals surface area contributed by atoms with Gasteiger partial charge in [0.1, 0.15) is 0 Å². The minimum absolute atomic E-state index is 0. The van der Waals surface area contributed by atoms with Crippen molar-refractivity contribution in [1.29, 1.82) is 0 Å². The lowest BCUT2D eigenvalue weighted by Gasteiger charge is -2.41. The van der Waals surface area contributed by atoms with Crippen molar-refractivity contribution in [2.75, 3.05) is 26.2 Å². The van der Waals surface area contributed by atoms with E-state index in [9.17, 15) is 4.79 Å². The highest BCUT2D eigenvalue weighted by molar-refractivity contribution is 5.86. The van der Waals surface area contributed by atoms with E-state index in [0.717, 1.165) is 51.2 Å². The molecule has 0 bridgehead atoms. The van der Waals surface area contributed by atoms with Gasteiger partial charge in [0.15, 0.2) is 0 Å². The van der Waals surface area contributed by atoms with E-state index < -0.39 is 5.54 Å². The molecule has 24 heavy (non-hydrogen) atoms. The Morgan fingerprint density at radius 3 is 2.42 bits per heavy atom. The molecular weight excluding hydrogens is 345 g/mol. The van der Waals surface area contributed by atoms with Crippen molar-refractivity contribution in [3.63, 3.8) is 0 Å². The third kappa shape index (κ3) is 5.00. The third-order valence-electron chi connectivity index (χ3n) is 6.16. The second-order valence-corrected chi connectivity index (χ2v) is 7.96. The van der Waals surface area contributed by atoms with Crippen LogP contribution in [0.4, 0.5) is 0 Å². The number of hydrogen-bond acceptors (Lipinski definition) is 3. The number of rotatable bonds is 3. The van der Waals surface area contributed by atoms with E-state index in [2.05, 4.69) is 16.7 Å². The van der Waals surface area contributed by atoms with Crippen molar-refractivity contribution in [2.24, 2.45) is 11.7 Å². The number of nitrogens with zero attached hydrogens (tertiary/aromatic N) is 2. The average Bonchev–Trinajstić information content (AvgIpc) is 2.97. The summed E-state index contributed by atoms with van der Waals surface area (Å²) in [6.45, 7) is 6.62. The molecule has 6 heteroatoms. The zero-order valence-corrected chi connectivity index (χ0v) is 16.7. The maximum atomic E-state index is 12.8. The van der Waals surface area contributed by atoms with Crippen molar-refractivity contribution in [2.45, 2.75) is 76.3 Å². The van der Waals surface area contributed by atoms with Gasteiger partial charge in [-0.1, -0.05) is 19.3 Å². The van der Waals surface area contributed by atoms with E-state index in [1.165, 1.54) is 38.8 Å². The summed E-state index contributed by atoms with van der Waals surface area (Å²) in [6, 6.07) is 0.718. The van der Waals surface area contributed by atoms with E-state index in [1.54, 1.807) is 0 Å². The van der Waals surface area contributed by atoms with Crippen LogP contribution in [0, 0.1) is 5.92 Å². The summed E-state index contributed by atoms with van der Waals surface area (Å²) in [6.07, 6.45) is 10.5. The molecule has 2 atom stereocenters. The van der Waals surface area contributed by atoms with Gasteiger partial charge in [0.25, 0.3) is 0 Å². The number of likely N-dealkylation sites (tertiary alicyclic amines) is 2. The highest BCUT2D eigenvalue weighted by atomic mass is 35.5. The summed E-state index contributed by atoms with van der Waals surface area (Å²) in [7, 11) is 0. The molecule has 1 aliphatic carbocycles. The van der Waals surface area contributed by atoms with Crippen LogP contribution < -0.4 is 5.73 Å². The standard InChI is InChI=1S/C18H33N3O.2ClH/c1-15-7-2-5-11-20(15)13-16-8-6-12-21(14-16)17(22)18(19)9-3-4-10-18;;/h15-16H,2-14,19H2,1H3;2*1H. The van der Waals surface area contributed by atoms with Crippen LogP contribution in [0.5, 0.6) is 0 Å². The van der Waals surface area contributed by atoms with E-state index in [1.807, 2.05) is 0 Å². The van der Waals surface area contributed by atoms with Crippen LogP contribution in [0.2, 0.25) is 0 Å². The van der Waals surface area contributed by atoms with Crippen LogP contribution in [0.15, 0.2) is 0 Å². The zero-order valence-electron chi connectivity index (χ0n) is 15.0. The largest absolute Gasteiger partial charge is 0.341 e. The molecule has 0 aromatic rings. The lowest BCUT2D eigenvalue weighted by atomic mass is 9.91. The van der Waals surface area contributed by atoms with Crippen molar-refractivity contribution in [3.05, 3.63) is 0 Å². The molecule has 2 unspecified atom stereocenters. The van der Waals surface area contributed by atoms with E-state index in [4.69, 9.17) is 5.73 Å².